The fraction of sp³-hybridized carbons (Fsp3) is 0.250. The fourth-order valence-electron chi connectivity index (χ4n) is 2.67. The highest BCUT2D eigenvalue weighted by molar-refractivity contribution is 5.93. The molecule has 1 aliphatic heterocycles. The number of hydrogen-bond donors (Lipinski definition) is 0. The Morgan fingerprint density at radius 3 is 2.75 bits per heavy atom. The molecule has 20 heavy (non-hydrogen) atoms. The number of aromatic nitrogens is 1. The van der Waals surface area contributed by atoms with Crippen LogP contribution in [0.25, 0.3) is 0 Å². The first-order valence-electron chi connectivity index (χ1n) is 6.61. The van der Waals surface area contributed by atoms with Crippen molar-refractivity contribution >= 4 is 5.91 Å². The number of rotatable bonds is 1. The van der Waals surface area contributed by atoms with Crippen LogP contribution in [-0.4, -0.2) is 21.9 Å². The van der Waals surface area contributed by atoms with Crippen LogP contribution in [0.5, 0.6) is 0 Å². The molecule has 0 unspecified atom stereocenters. The molecule has 0 atom stereocenters. The van der Waals surface area contributed by atoms with Gasteiger partial charge in [-0.3, -0.25) is 4.79 Å². The van der Waals surface area contributed by atoms with Gasteiger partial charge in [-0.05, 0) is 23.6 Å². The molecule has 0 saturated heterocycles. The molecule has 0 spiro atoms. The number of nitriles is 1. The summed E-state index contributed by atoms with van der Waals surface area (Å²) in [5, 5.41) is 8.91. The third kappa shape index (κ3) is 2.08. The van der Waals surface area contributed by atoms with Crippen molar-refractivity contribution in [2.45, 2.75) is 13.0 Å². The number of carbonyl (C=O) groups excluding carboxylic acids is 1. The maximum absolute atomic E-state index is 12.6. The SMILES string of the molecule is Cn1cc(C#N)cc1C(=O)N1CCc2ccccc2C1. The second kappa shape index (κ2) is 4.86. The third-order valence-corrected chi connectivity index (χ3v) is 3.77. The van der Waals surface area contributed by atoms with E-state index in [1.807, 2.05) is 17.0 Å². The van der Waals surface area contributed by atoms with Crippen LogP contribution in [0, 0.1) is 11.3 Å². The van der Waals surface area contributed by atoms with Crippen LogP contribution >= 0.6 is 0 Å². The predicted octanol–water partition coefficient (Wildman–Crippen LogP) is 2.10. The van der Waals surface area contributed by atoms with Gasteiger partial charge in [-0.25, -0.2) is 0 Å². The largest absolute Gasteiger partial charge is 0.345 e. The first-order valence-corrected chi connectivity index (χ1v) is 6.61. The van der Waals surface area contributed by atoms with E-state index in [0.29, 0.717) is 17.8 Å². The van der Waals surface area contributed by atoms with Crippen LogP contribution in [-0.2, 0) is 20.0 Å². The lowest BCUT2D eigenvalue weighted by Gasteiger charge is -2.28. The molecule has 0 fully saturated rings. The van der Waals surface area contributed by atoms with E-state index in [0.717, 1.165) is 13.0 Å². The first kappa shape index (κ1) is 12.5. The van der Waals surface area contributed by atoms with Crippen LogP contribution in [0.15, 0.2) is 36.5 Å². The number of fused-ring (bicyclic) bond motifs is 1. The van der Waals surface area contributed by atoms with Crippen LogP contribution in [0.1, 0.15) is 27.2 Å². The van der Waals surface area contributed by atoms with E-state index in [-0.39, 0.29) is 5.91 Å². The lowest BCUT2D eigenvalue weighted by molar-refractivity contribution is 0.0725. The summed E-state index contributed by atoms with van der Waals surface area (Å²) >= 11 is 0. The number of carbonyl (C=O) groups is 1. The molecule has 4 heteroatoms. The number of aryl methyl sites for hydroxylation is 1. The molecular formula is C16H15N3O. The van der Waals surface area contributed by atoms with Gasteiger partial charge in [0.05, 0.1) is 5.56 Å². The predicted molar refractivity (Wildman–Crippen MR) is 75.0 cm³/mol. The highest BCUT2D eigenvalue weighted by Gasteiger charge is 2.23. The number of hydrogen-bond acceptors (Lipinski definition) is 2. The third-order valence-electron chi connectivity index (χ3n) is 3.77. The molecule has 0 saturated carbocycles. The highest BCUT2D eigenvalue weighted by Crippen LogP contribution is 2.20. The summed E-state index contributed by atoms with van der Waals surface area (Å²) in [4.78, 5) is 14.4. The molecule has 0 bridgehead atoms. The molecule has 1 aromatic carbocycles. The van der Waals surface area contributed by atoms with E-state index >= 15 is 0 Å². The Morgan fingerprint density at radius 1 is 1.30 bits per heavy atom. The quantitative estimate of drug-likeness (QED) is 0.792. The Kier molecular flexibility index (Phi) is 3.03. The van der Waals surface area contributed by atoms with E-state index in [4.69, 9.17) is 5.26 Å². The normalized spacial score (nSPS) is 13.7. The summed E-state index contributed by atoms with van der Waals surface area (Å²) in [5.41, 5.74) is 3.62. The summed E-state index contributed by atoms with van der Waals surface area (Å²) in [6.45, 7) is 1.37. The summed E-state index contributed by atoms with van der Waals surface area (Å²) in [6, 6.07) is 12.0. The number of nitrogens with zero attached hydrogens (tertiary/aromatic N) is 3. The highest BCUT2D eigenvalue weighted by atomic mass is 16.2. The van der Waals surface area contributed by atoms with Gasteiger partial charge in [0.25, 0.3) is 5.91 Å². The lowest BCUT2D eigenvalue weighted by Crippen LogP contribution is -2.36. The minimum Gasteiger partial charge on any atom is -0.345 e. The van der Waals surface area contributed by atoms with Gasteiger partial charge in [0, 0.05) is 26.3 Å². The second-order valence-corrected chi connectivity index (χ2v) is 5.08. The van der Waals surface area contributed by atoms with E-state index in [1.54, 1.807) is 23.9 Å². The van der Waals surface area contributed by atoms with Crippen molar-refractivity contribution in [2.75, 3.05) is 6.54 Å². The van der Waals surface area contributed by atoms with E-state index in [2.05, 4.69) is 18.2 Å². The lowest BCUT2D eigenvalue weighted by atomic mass is 10.00. The van der Waals surface area contributed by atoms with Gasteiger partial charge in [-0.1, -0.05) is 24.3 Å². The summed E-state index contributed by atoms with van der Waals surface area (Å²) < 4.78 is 1.72. The van der Waals surface area contributed by atoms with Crippen LogP contribution in [0.4, 0.5) is 0 Å². The molecule has 1 aromatic heterocycles. The molecule has 0 N–H and O–H groups in total. The molecule has 100 valence electrons. The van der Waals surface area contributed by atoms with Crippen molar-refractivity contribution in [3.05, 3.63) is 58.9 Å². The minimum absolute atomic E-state index is 0.0106. The molecule has 2 heterocycles. The Bertz CT molecular complexity index is 709. The maximum atomic E-state index is 12.6. The standard InChI is InChI=1S/C16H15N3O/c1-18-10-12(9-17)8-15(18)16(20)19-7-6-13-4-2-3-5-14(13)11-19/h2-5,8,10H,6-7,11H2,1H3. The average molecular weight is 265 g/mol. The van der Waals surface area contributed by atoms with E-state index < -0.39 is 0 Å². The summed E-state index contributed by atoms with van der Waals surface area (Å²) in [7, 11) is 1.80. The zero-order valence-corrected chi connectivity index (χ0v) is 11.3. The topological polar surface area (TPSA) is 49.0 Å². The Morgan fingerprint density at radius 2 is 2.05 bits per heavy atom. The van der Waals surface area contributed by atoms with Crippen LogP contribution < -0.4 is 0 Å². The Labute approximate surface area is 117 Å². The zero-order chi connectivity index (χ0) is 14.1. The van der Waals surface area contributed by atoms with Crippen LogP contribution in [0.3, 0.4) is 0 Å². The summed E-state index contributed by atoms with van der Waals surface area (Å²) in [5.74, 6) is -0.0106. The van der Waals surface area contributed by atoms with Gasteiger partial charge < -0.3 is 9.47 Å². The number of amides is 1. The van der Waals surface area contributed by atoms with Gasteiger partial charge in [0.2, 0.25) is 0 Å². The second-order valence-electron chi connectivity index (χ2n) is 5.08. The van der Waals surface area contributed by atoms with Crippen molar-refractivity contribution in [2.24, 2.45) is 7.05 Å². The fourth-order valence-corrected chi connectivity index (χ4v) is 2.67. The minimum atomic E-state index is -0.0106. The molecule has 3 rings (SSSR count). The van der Waals surface area contributed by atoms with Gasteiger partial charge in [-0.15, -0.1) is 0 Å². The average Bonchev–Trinajstić information content (AvgIpc) is 2.87. The first-order chi connectivity index (χ1) is 9.69. The molecule has 0 radical (unpaired) electrons. The van der Waals surface area contributed by atoms with Crippen molar-refractivity contribution in [3.8, 4) is 6.07 Å². The zero-order valence-electron chi connectivity index (χ0n) is 11.3. The van der Waals surface area contributed by atoms with Gasteiger partial charge in [0.15, 0.2) is 0 Å². The van der Waals surface area contributed by atoms with Crippen molar-refractivity contribution < 1.29 is 4.79 Å². The molecule has 1 aliphatic rings. The van der Waals surface area contributed by atoms with Gasteiger partial charge >= 0.3 is 0 Å². The van der Waals surface area contributed by atoms with Crippen molar-refractivity contribution in [1.29, 1.82) is 5.26 Å². The molecule has 0 aliphatic carbocycles. The molecule has 4 nitrogen and oxygen atoms in total. The van der Waals surface area contributed by atoms with Crippen molar-refractivity contribution in [1.82, 2.24) is 9.47 Å². The summed E-state index contributed by atoms with van der Waals surface area (Å²) in [6.07, 6.45) is 2.57. The van der Waals surface area contributed by atoms with E-state index in [1.165, 1.54) is 11.1 Å². The van der Waals surface area contributed by atoms with E-state index in [9.17, 15) is 4.79 Å². The molecular weight excluding hydrogens is 250 g/mol. The Balaban J connectivity index is 1.86. The Hall–Kier alpha value is -2.54. The molecule has 2 aromatic rings. The van der Waals surface area contributed by atoms with Crippen LogP contribution in [0.2, 0.25) is 0 Å². The maximum Gasteiger partial charge on any atom is 0.270 e. The molecule has 1 amide bonds. The van der Waals surface area contributed by atoms with Gasteiger partial charge in [0.1, 0.15) is 11.8 Å². The smallest absolute Gasteiger partial charge is 0.270 e. The van der Waals surface area contributed by atoms with Crippen molar-refractivity contribution in [3.63, 3.8) is 0 Å². The monoisotopic (exact) mass is 265 g/mol. The van der Waals surface area contributed by atoms with Gasteiger partial charge in [-0.2, -0.15) is 5.26 Å². The number of benzene rings is 1.